The van der Waals surface area contributed by atoms with Gasteiger partial charge in [0.15, 0.2) is 0 Å². The van der Waals surface area contributed by atoms with Crippen LogP contribution >= 0.6 is 11.3 Å². The Labute approximate surface area is 141 Å². The fraction of sp³-hybridized carbons (Fsp3) is 0.647. The Hall–Kier alpha value is -1.56. The fourth-order valence-corrected chi connectivity index (χ4v) is 4.41. The number of nitrogens with one attached hydrogen (secondary N) is 1. The van der Waals surface area contributed by atoms with Gasteiger partial charge in [0.1, 0.15) is 0 Å². The van der Waals surface area contributed by atoms with E-state index in [2.05, 4.69) is 23.7 Å². The number of hydrogen-bond donors (Lipinski definition) is 1. The quantitative estimate of drug-likeness (QED) is 0.923. The van der Waals surface area contributed by atoms with Crippen LogP contribution in [0.1, 0.15) is 43.0 Å². The zero-order valence-electron chi connectivity index (χ0n) is 13.7. The van der Waals surface area contributed by atoms with E-state index in [0.717, 1.165) is 38.8 Å². The molecule has 1 fully saturated rings. The van der Waals surface area contributed by atoms with E-state index in [0.29, 0.717) is 12.6 Å². The lowest BCUT2D eigenvalue weighted by Gasteiger charge is -2.35. The fourth-order valence-electron chi connectivity index (χ4n) is 3.52. The van der Waals surface area contributed by atoms with Crippen LogP contribution in [0.5, 0.6) is 0 Å². The molecule has 0 bridgehead atoms. The van der Waals surface area contributed by atoms with Gasteiger partial charge in [-0.15, -0.1) is 11.3 Å². The molecule has 0 aliphatic carbocycles. The normalized spacial score (nSPS) is 21.0. The van der Waals surface area contributed by atoms with Gasteiger partial charge < -0.3 is 15.1 Å². The highest BCUT2D eigenvalue weighted by Gasteiger charge is 2.26. The maximum atomic E-state index is 12.4. The largest absolute Gasteiger partial charge is 0.336 e. The third-order valence-corrected chi connectivity index (χ3v) is 5.93. The number of piperidine rings is 1. The molecule has 1 aromatic rings. The van der Waals surface area contributed by atoms with Crippen molar-refractivity contribution in [3.8, 4) is 0 Å². The summed E-state index contributed by atoms with van der Waals surface area (Å²) in [6, 6.07) is 2.33. The predicted molar refractivity (Wildman–Crippen MR) is 91.5 cm³/mol. The molecule has 0 spiro atoms. The third-order valence-electron chi connectivity index (χ3n) is 4.91. The molecule has 3 amide bonds. The minimum absolute atomic E-state index is 0.0141. The summed E-state index contributed by atoms with van der Waals surface area (Å²) in [5, 5.41) is 4.91. The highest BCUT2D eigenvalue weighted by molar-refractivity contribution is 7.10. The number of amides is 3. The van der Waals surface area contributed by atoms with Crippen LogP contribution in [0.15, 0.2) is 11.4 Å². The van der Waals surface area contributed by atoms with E-state index in [9.17, 15) is 9.59 Å². The first-order valence-electron chi connectivity index (χ1n) is 8.56. The minimum atomic E-state index is -0.0851. The van der Waals surface area contributed by atoms with Crippen molar-refractivity contribution in [3.05, 3.63) is 21.9 Å². The molecular formula is C17H25N3O2S. The zero-order chi connectivity index (χ0) is 16.2. The number of urea groups is 1. The smallest absolute Gasteiger partial charge is 0.318 e. The topological polar surface area (TPSA) is 52.7 Å². The van der Waals surface area contributed by atoms with Gasteiger partial charge in [0.2, 0.25) is 5.91 Å². The molecule has 5 nitrogen and oxygen atoms in total. The molecule has 1 unspecified atom stereocenters. The van der Waals surface area contributed by atoms with E-state index in [1.54, 1.807) is 11.3 Å². The first kappa shape index (κ1) is 16.3. The number of rotatable bonds is 3. The molecule has 2 aliphatic rings. The summed E-state index contributed by atoms with van der Waals surface area (Å²) in [6.07, 6.45) is 5.24. The van der Waals surface area contributed by atoms with Crippen molar-refractivity contribution < 1.29 is 9.59 Å². The summed E-state index contributed by atoms with van der Waals surface area (Å²) in [4.78, 5) is 29.9. The molecule has 0 radical (unpaired) electrons. The second-order valence-electron chi connectivity index (χ2n) is 6.34. The Morgan fingerprint density at radius 1 is 1.35 bits per heavy atom. The van der Waals surface area contributed by atoms with Crippen molar-refractivity contribution in [2.24, 2.45) is 0 Å². The number of carbonyl (C=O) groups excluding carboxylic acids is 2. The molecule has 23 heavy (non-hydrogen) atoms. The molecule has 0 aromatic carbocycles. The van der Waals surface area contributed by atoms with Crippen molar-refractivity contribution in [3.63, 3.8) is 0 Å². The van der Waals surface area contributed by atoms with Gasteiger partial charge in [0, 0.05) is 30.6 Å². The van der Waals surface area contributed by atoms with Crippen LogP contribution in [-0.2, 0) is 17.8 Å². The molecule has 126 valence electrons. The summed E-state index contributed by atoms with van der Waals surface area (Å²) in [5.41, 5.74) is 1.25. The Bertz CT molecular complexity index is 572. The number of nitrogens with zero attached hydrogens (tertiary/aromatic N) is 2. The lowest BCUT2D eigenvalue weighted by Crippen LogP contribution is -2.51. The van der Waals surface area contributed by atoms with E-state index in [1.807, 2.05) is 9.80 Å². The van der Waals surface area contributed by atoms with Gasteiger partial charge >= 0.3 is 6.03 Å². The Kier molecular flexibility index (Phi) is 5.20. The highest BCUT2D eigenvalue weighted by atomic mass is 32.1. The lowest BCUT2D eigenvalue weighted by molar-refractivity contribution is -0.131. The monoisotopic (exact) mass is 335 g/mol. The summed E-state index contributed by atoms with van der Waals surface area (Å²) in [6.45, 7) is 4.46. The Morgan fingerprint density at radius 3 is 3.04 bits per heavy atom. The SMILES string of the molecule is CCC1CCCCN1C(=O)NCC(=O)N1CCc2sccc2C1. The molecule has 6 heteroatoms. The van der Waals surface area contributed by atoms with E-state index in [-0.39, 0.29) is 18.5 Å². The first-order valence-corrected chi connectivity index (χ1v) is 9.44. The number of thiophene rings is 1. The standard InChI is InChI=1S/C17H25N3O2S/c1-2-14-5-3-4-8-20(14)17(22)18-11-16(21)19-9-6-15-13(12-19)7-10-23-15/h7,10,14H,2-6,8-9,11-12H2,1H3,(H,18,22). The number of fused-ring (bicyclic) bond motifs is 1. The third kappa shape index (κ3) is 3.68. The summed E-state index contributed by atoms with van der Waals surface area (Å²) in [5.74, 6) is 0.0141. The van der Waals surface area contributed by atoms with Crippen LogP contribution < -0.4 is 5.32 Å². The number of carbonyl (C=O) groups is 2. The van der Waals surface area contributed by atoms with Crippen molar-refractivity contribution in [1.82, 2.24) is 15.1 Å². The van der Waals surface area contributed by atoms with Crippen LogP contribution in [0.25, 0.3) is 0 Å². The van der Waals surface area contributed by atoms with Gasteiger partial charge in [-0.3, -0.25) is 4.79 Å². The maximum Gasteiger partial charge on any atom is 0.318 e. The molecule has 3 heterocycles. The highest BCUT2D eigenvalue weighted by Crippen LogP contribution is 2.24. The van der Waals surface area contributed by atoms with E-state index in [1.165, 1.54) is 16.9 Å². The number of likely N-dealkylation sites (tertiary alicyclic amines) is 1. The van der Waals surface area contributed by atoms with Crippen LogP contribution in [0.4, 0.5) is 4.79 Å². The van der Waals surface area contributed by atoms with Crippen LogP contribution in [0.2, 0.25) is 0 Å². The van der Waals surface area contributed by atoms with Crippen LogP contribution in [0.3, 0.4) is 0 Å². The summed E-state index contributed by atoms with van der Waals surface area (Å²) in [7, 11) is 0. The van der Waals surface area contributed by atoms with Crippen LogP contribution in [0, 0.1) is 0 Å². The van der Waals surface area contributed by atoms with Crippen molar-refractivity contribution in [2.45, 2.75) is 51.6 Å². The van der Waals surface area contributed by atoms with Gasteiger partial charge in [0.25, 0.3) is 0 Å². The van der Waals surface area contributed by atoms with Crippen molar-refractivity contribution in [2.75, 3.05) is 19.6 Å². The van der Waals surface area contributed by atoms with E-state index >= 15 is 0 Å². The number of hydrogen-bond acceptors (Lipinski definition) is 3. The maximum absolute atomic E-state index is 12.4. The summed E-state index contributed by atoms with van der Waals surface area (Å²) >= 11 is 1.76. The molecule has 1 saturated heterocycles. The second-order valence-corrected chi connectivity index (χ2v) is 7.34. The lowest BCUT2D eigenvalue weighted by atomic mass is 10.0. The van der Waals surface area contributed by atoms with Gasteiger partial charge in [-0.05, 0) is 49.1 Å². The van der Waals surface area contributed by atoms with Gasteiger partial charge in [-0.25, -0.2) is 4.79 Å². The molecule has 1 aromatic heterocycles. The van der Waals surface area contributed by atoms with Gasteiger partial charge in [-0.2, -0.15) is 0 Å². The Balaban J connectivity index is 1.50. The average molecular weight is 335 g/mol. The van der Waals surface area contributed by atoms with E-state index < -0.39 is 0 Å². The molecule has 3 rings (SSSR count). The second kappa shape index (κ2) is 7.34. The Morgan fingerprint density at radius 2 is 2.22 bits per heavy atom. The molecular weight excluding hydrogens is 310 g/mol. The van der Waals surface area contributed by atoms with Crippen molar-refractivity contribution in [1.29, 1.82) is 0 Å². The molecule has 1 N–H and O–H groups in total. The first-order chi connectivity index (χ1) is 11.2. The predicted octanol–water partition coefficient (Wildman–Crippen LogP) is 2.61. The zero-order valence-corrected chi connectivity index (χ0v) is 14.5. The summed E-state index contributed by atoms with van der Waals surface area (Å²) < 4.78 is 0. The molecule has 0 saturated carbocycles. The van der Waals surface area contributed by atoms with Gasteiger partial charge in [-0.1, -0.05) is 6.92 Å². The average Bonchev–Trinajstić information content (AvgIpc) is 3.06. The molecule has 1 atom stereocenters. The van der Waals surface area contributed by atoms with E-state index in [4.69, 9.17) is 0 Å². The molecule has 2 aliphatic heterocycles. The minimum Gasteiger partial charge on any atom is -0.336 e. The van der Waals surface area contributed by atoms with Crippen molar-refractivity contribution >= 4 is 23.3 Å². The van der Waals surface area contributed by atoms with Gasteiger partial charge in [0.05, 0.1) is 6.54 Å². The van der Waals surface area contributed by atoms with Crippen LogP contribution in [-0.4, -0.2) is 47.4 Å².